The van der Waals surface area contributed by atoms with Crippen molar-refractivity contribution >= 4 is 21.7 Å². The molecule has 0 bridgehead atoms. The Morgan fingerprint density at radius 1 is 1.19 bits per heavy atom. The maximum Gasteiger partial charge on any atom is 0.253 e. The highest BCUT2D eigenvalue weighted by Gasteiger charge is 2.27. The molecule has 0 spiro atoms. The Balaban J connectivity index is 2.66. The Bertz CT molecular complexity index is 1010. The number of nitrogens with zero attached hydrogens (tertiary/aromatic N) is 1. The highest BCUT2D eigenvalue weighted by molar-refractivity contribution is 7.91. The van der Waals surface area contributed by atoms with E-state index in [4.69, 9.17) is 0 Å². The number of aliphatic hydroxyl groups excluding tert-OH is 1. The molecule has 11 heteroatoms. The lowest BCUT2D eigenvalue weighted by Crippen LogP contribution is -2.52. The molecule has 36 heavy (non-hydrogen) atoms. The van der Waals surface area contributed by atoms with E-state index in [0.29, 0.717) is 19.4 Å². The Labute approximate surface area is 213 Å². The van der Waals surface area contributed by atoms with Crippen LogP contribution in [0.15, 0.2) is 54.8 Å². The van der Waals surface area contributed by atoms with Crippen molar-refractivity contribution in [2.24, 2.45) is 0 Å². The second-order valence-corrected chi connectivity index (χ2v) is 10.5. The number of nitrogens with one attached hydrogen (secondary N) is 3. The number of carbonyl (C=O) groups excluding carboxylic acids is 2. The quantitative estimate of drug-likeness (QED) is 0.151. The van der Waals surface area contributed by atoms with Crippen molar-refractivity contribution < 1.29 is 28.2 Å². The molecule has 10 nitrogen and oxygen atoms in total. The molecule has 0 aliphatic rings. The van der Waals surface area contributed by atoms with Gasteiger partial charge in [0.05, 0.1) is 23.2 Å². The predicted octanol–water partition coefficient (Wildman–Crippen LogP) is 1.25. The van der Waals surface area contributed by atoms with Crippen LogP contribution in [0.2, 0.25) is 0 Å². The van der Waals surface area contributed by atoms with Gasteiger partial charge in [-0.25, -0.2) is 13.4 Å². The molecular formula is C25H38N4O6S. The Morgan fingerprint density at radius 2 is 1.94 bits per heavy atom. The van der Waals surface area contributed by atoms with E-state index in [1.807, 2.05) is 38.2 Å². The first kappa shape index (κ1) is 31.0. The Morgan fingerprint density at radius 3 is 2.58 bits per heavy atom. The number of aromatic hydroxyl groups is 1. The number of aliphatic hydroxyl groups is 1. The molecule has 0 radical (unpaired) electrons. The number of hydrogen-bond donors (Lipinski definition) is 5. The largest absolute Gasteiger partial charge is 0.493 e. The van der Waals surface area contributed by atoms with Gasteiger partial charge in [0.15, 0.2) is 9.84 Å². The smallest absolute Gasteiger partial charge is 0.253 e. The van der Waals surface area contributed by atoms with E-state index in [9.17, 15) is 28.2 Å². The Hall–Kier alpha value is -3.02. The van der Waals surface area contributed by atoms with E-state index in [0.717, 1.165) is 18.2 Å². The zero-order valence-corrected chi connectivity index (χ0v) is 21.8. The molecule has 1 rings (SSSR count). The second-order valence-electron chi connectivity index (χ2n) is 8.26. The average molecular weight is 523 g/mol. The molecule has 0 aliphatic heterocycles. The van der Waals surface area contributed by atoms with Gasteiger partial charge in [-0.3, -0.25) is 9.59 Å². The number of amides is 2. The number of sulfone groups is 1. The van der Waals surface area contributed by atoms with Crippen LogP contribution in [0.5, 0.6) is 5.88 Å². The number of carbonyl (C=O) groups is 2. The van der Waals surface area contributed by atoms with E-state index >= 15 is 0 Å². The first-order valence-corrected chi connectivity index (χ1v) is 13.7. The fraction of sp³-hybridized carbons (Fsp3) is 0.480. The molecule has 0 saturated carbocycles. The van der Waals surface area contributed by atoms with Crippen LogP contribution in [-0.2, 0) is 14.6 Å². The zero-order valence-electron chi connectivity index (χ0n) is 20.9. The van der Waals surface area contributed by atoms with Gasteiger partial charge in [0.25, 0.3) is 5.91 Å². The lowest BCUT2D eigenvalue weighted by Gasteiger charge is -2.20. The first-order valence-electron chi connectivity index (χ1n) is 11.9. The van der Waals surface area contributed by atoms with Gasteiger partial charge in [0, 0.05) is 31.9 Å². The van der Waals surface area contributed by atoms with Crippen LogP contribution in [0, 0.1) is 0 Å². The number of aromatic nitrogens is 1. The molecule has 0 aromatic carbocycles. The van der Waals surface area contributed by atoms with E-state index in [1.54, 1.807) is 0 Å². The van der Waals surface area contributed by atoms with Gasteiger partial charge in [-0.1, -0.05) is 56.7 Å². The fourth-order valence-electron chi connectivity index (χ4n) is 2.85. The predicted molar refractivity (Wildman–Crippen MR) is 140 cm³/mol. The number of pyridine rings is 1. The Kier molecular flexibility index (Phi) is 14.3. The number of unbranched alkanes of at least 4 members (excludes halogenated alkanes) is 1. The molecule has 0 aliphatic carbocycles. The maximum absolute atomic E-state index is 12.7. The summed E-state index contributed by atoms with van der Waals surface area (Å²) >= 11 is 0. The third kappa shape index (κ3) is 13.2. The third-order valence-electron chi connectivity index (χ3n) is 5.05. The summed E-state index contributed by atoms with van der Waals surface area (Å²) in [6.45, 7) is 8.31. The summed E-state index contributed by atoms with van der Waals surface area (Å²) in [6.07, 6.45) is 9.70. The summed E-state index contributed by atoms with van der Waals surface area (Å²) in [5, 5.41) is 27.4. The van der Waals surface area contributed by atoms with E-state index in [2.05, 4.69) is 27.5 Å². The number of allylic oxidation sites excluding steroid dienone is 4. The van der Waals surface area contributed by atoms with Crippen LogP contribution in [0.4, 0.5) is 0 Å². The van der Waals surface area contributed by atoms with Gasteiger partial charge in [-0.05, 0) is 18.9 Å². The molecular weight excluding hydrogens is 484 g/mol. The van der Waals surface area contributed by atoms with Crippen LogP contribution in [-0.4, -0.2) is 78.7 Å². The summed E-state index contributed by atoms with van der Waals surface area (Å²) in [5.74, 6) is -2.40. The van der Waals surface area contributed by atoms with Crippen molar-refractivity contribution in [1.82, 2.24) is 20.9 Å². The van der Waals surface area contributed by atoms with Crippen molar-refractivity contribution in [3.63, 3.8) is 0 Å². The molecule has 1 heterocycles. The molecule has 0 fully saturated rings. The molecule has 1 aromatic heterocycles. The number of rotatable bonds is 17. The van der Waals surface area contributed by atoms with Gasteiger partial charge in [0.2, 0.25) is 11.8 Å². The van der Waals surface area contributed by atoms with Crippen molar-refractivity contribution in [1.29, 1.82) is 0 Å². The number of hydrogen-bond acceptors (Lipinski definition) is 8. The van der Waals surface area contributed by atoms with Crippen molar-refractivity contribution in [3.05, 3.63) is 60.3 Å². The molecule has 200 valence electrons. The van der Waals surface area contributed by atoms with Crippen LogP contribution in [0.25, 0.3) is 0 Å². The topological polar surface area (TPSA) is 158 Å². The normalized spacial score (nSPS) is 13.5. The van der Waals surface area contributed by atoms with Crippen molar-refractivity contribution in [3.8, 4) is 5.88 Å². The molecule has 0 unspecified atom stereocenters. The monoisotopic (exact) mass is 522 g/mol. The summed E-state index contributed by atoms with van der Waals surface area (Å²) in [5.41, 5.74) is 1.08. The maximum atomic E-state index is 12.7. The van der Waals surface area contributed by atoms with Crippen molar-refractivity contribution in [2.75, 3.05) is 31.1 Å². The van der Waals surface area contributed by atoms with E-state index in [-0.39, 0.29) is 30.3 Å². The summed E-state index contributed by atoms with van der Waals surface area (Å²) in [7, 11) is -3.62. The first-order chi connectivity index (χ1) is 17.1. The average Bonchev–Trinajstić information content (AvgIpc) is 2.85. The van der Waals surface area contributed by atoms with Crippen LogP contribution in [0.3, 0.4) is 0 Å². The van der Waals surface area contributed by atoms with Crippen LogP contribution in [0.1, 0.15) is 43.5 Å². The van der Waals surface area contributed by atoms with E-state index < -0.39 is 39.6 Å². The molecule has 2 atom stereocenters. The standard InChI is InChI=1S/C25H38N4O6S/c1-4-6-14-36(34,35)18-22(29-24(32)20-11-12-23(31)27-15-20)25(33)28-17-21(30)16-26-13-9-7-8-10-19(3)5-2/h7-12,15,21-22,26,30H,3-6,13-14,16-18H2,1-2H3,(H,27,31)(H,28,33)(H,29,32)/b9-7+,10-8-/t21-,22-/m1/s1. The van der Waals surface area contributed by atoms with Crippen LogP contribution >= 0.6 is 0 Å². The van der Waals surface area contributed by atoms with Crippen LogP contribution < -0.4 is 16.0 Å². The van der Waals surface area contributed by atoms with Gasteiger partial charge >= 0.3 is 0 Å². The summed E-state index contributed by atoms with van der Waals surface area (Å²) < 4.78 is 24.9. The summed E-state index contributed by atoms with van der Waals surface area (Å²) in [6, 6.07) is 1.15. The van der Waals surface area contributed by atoms with Gasteiger partial charge in [0.1, 0.15) is 6.04 Å². The minimum Gasteiger partial charge on any atom is -0.493 e. The molecule has 1 aromatic rings. The van der Waals surface area contributed by atoms with Gasteiger partial charge in [-0.2, -0.15) is 0 Å². The SMILES string of the molecule is C=C(/C=C\C=C\CNC[C@@H](O)CNC(=O)[C@@H](CS(=O)(=O)CCCC)NC(=O)c1ccc(O)nc1)CC. The second kappa shape index (κ2) is 16.6. The summed E-state index contributed by atoms with van der Waals surface area (Å²) in [4.78, 5) is 28.9. The minimum atomic E-state index is -3.62. The molecule has 5 N–H and O–H groups in total. The van der Waals surface area contributed by atoms with Crippen molar-refractivity contribution in [2.45, 2.75) is 45.3 Å². The lowest BCUT2D eigenvalue weighted by atomic mass is 10.2. The highest BCUT2D eigenvalue weighted by atomic mass is 32.2. The fourth-order valence-corrected chi connectivity index (χ4v) is 4.49. The van der Waals surface area contributed by atoms with E-state index in [1.165, 1.54) is 12.1 Å². The van der Waals surface area contributed by atoms with Gasteiger partial charge in [-0.15, -0.1) is 0 Å². The zero-order chi connectivity index (χ0) is 27.0. The lowest BCUT2D eigenvalue weighted by molar-refractivity contribution is -0.122. The van der Waals surface area contributed by atoms with Gasteiger partial charge < -0.3 is 26.2 Å². The highest BCUT2D eigenvalue weighted by Crippen LogP contribution is 2.07. The molecule has 0 saturated heterocycles. The molecule has 2 amide bonds. The third-order valence-corrected chi connectivity index (χ3v) is 6.80. The minimum absolute atomic E-state index is 0.0581.